The molecule has 0 saturated carbocycles. The summed E-state index contributed by atoms with van der Waals surface area (Å²) in [6.45, 7) is 4.80. The van der Waals surface area contributed by atoms with Gasteiger partial charge >= 0.3 is 5.97 Å². The molecule has 0 aromatic rings. The van der Waals surface area contributed by atoms with E-state index in [0.717, 1.165) is 0 Å². The Morgan fingerprint density at radius 2 is 1.92 bits per heavy atom. The van der Waals surface area contributed by atoms with Crippen LogP contribution in [0, 0.1) is 0 Å². The van der Waals surface area contributed by atoms with Gasteiger partial charge < -0.3 is 4.74 Å². The van der Waals surface area contributed by atoms with Crippen molar-refractivity contribution < 1.29 is 9.53 Å². The number of carbonyl (C=O) groups is 1. The first kappa shape index (κ1) is 10.5. The zero-order valence-corrected chi connectivity index (χ0v) is 8.75. The fraction of sp³-hybridized carbons (Fsp3) is 0.900. The molecule has 0 aromatic carbocycles. The number of methoxy groups -OCH3 is 1. The molecule has 1 fully saturated rings. The van der Waals surface area contributed by atoms with Gasteiger partial charge in [0.2, 0.25) is 0 Å². The summed E-state index contributed by atoms with van der Waals surface area (Å²) in [6.07, 6.45) is 3.67. The Kier molecular flexibility index (Phi) is 3.72. The molecule has 3 nitrogen and oxygen atoms in total. The number of hydrogen-bond acceptors (Lipinski definition) is 3. The summed E-state index contributed by atoms with van der Waals surface area (Å²) >= 11 is 0. The monoisotopic (exact) mass is 185 g/mol. The highest BCUT2D eigenvalue weighted by Gasteiger charge is 2.26. The maximum atomic E-state index is 11.1. The van der Waals surface area contributed by atoms with Gasteiger partial charge in [0.25, 0.3) is 0 Å². The van der Waals surface area contributed by atoms with Gasteiger partial charge in [-0.25, -0.2) is 0 Å². The molecule has 0 unspecified atom stereocenters. The molecule has 0 N–H and O–H groups in total. The standard InChI is InChI=1S/C10H19NO2/c1-8-5-4-6-9(2)11(8)7-10(12)13-3/h8-9H,4-7H2,1-3H3/t8-,9+. The lowest BCUT2D eigenvalue weighted by molar-refractivity contribution is -0.143. The van der Waals surface area contributed by atoms with Gasteiger partial charge in [0.1, 0.15) is 0 Å². The molecular weight excluding hydrogens is 166 g/mol. The normalized spacial score (nSPS) is 30.1. The molecule has 0 bridgehead atoms. The molecule has 0 radical (unpaired) electrons. The summed E-state index contributed by atoms with van der Waals surface area (Å²) in [5.74, 6) is -0.124. The highest BCUT2D eigenvalue weighted by atomic mass is 16.5. The van der Waals surface area contributed by atoms with Gasteiger partial charge in [-0.2, -0.15) is 0 Å². The maximum Gasteiger partial charge on any atom is 0.319 e. The van der Waals surface area contributed by atoms with Gasteiger partial charge in [-0.05, 0) is 26.7 Å². The lowest BCUT2D eigenvalue weighted by Crippen LogP contribution is -2.46. The molecule has 0 aromatic heterocycles. The van der Waals surface area contributed by atoms with Crippen molar-refractivity contribution in [1.29, 1.82) is 0 Å². The van der Waals surface area contributed by atoms with Crippen LogP contribution in [0.2, 0.25) is 0 Å². The quantitative estimate of drug-likeness (QED) is 0.609. The van der Waals surface area contributed by atoms with E-state index >= 15 is 0 Å². The summed E-state index contributed by atoms with van der Waals surface area (Å²) in [5, 5.41) is 0. The van der Waals surface area contributed by atoms with Crippen molar-refractivity contribution >= 4 is 5.97 Å². The minimum Gasteiger partial charge on any atom is -0.468 e. The zero-order valence-electron chi connectivity index (χ0n) is 8.75. The van der Waals surface area contributed by atoms with Crippen LogP contribution in [0.4, 0.5) is 0 Å². The molecule has 1 heterocycles. The molecule has 1 rings (SSSR count). The number of rotatable bonds is 2. The van der Waals surface area contributed by atoms with Gasteiger partial charge in [0, 0.05) is 12.1 Å². The number of carbonyl (C=O) groups excluding carboxylic acids is 1. The number of esters is 1. The predicted octanol–water partition coefficient (Wildman–Crippen LogP) is 1.42. The van der Waals surface area contributed by atoms with E-state index in [1.165, 1.54) is 26.4 Å². The molecule has 0 spiro atoms. The number of piperidine rings is 1. The topological polar surface area (TPSA) is 29.5 Å². The first-order chi connectivity index (χ1) is 6.15. The molecule has 1 aliphatic heterocycles. The van der Waals surface area contributed by atoms with Crippen LogP contribution in [0.1, 0.15) is 33.1 Å². The average molecular weight is 185 g/mol. The molecule has 76 valence electrons. The van der Waals surface area contributed by atoms with E-state index in [0.29, 0.717) is 18.6 Å². The summed E-state index contributed by atoms with van der Waals surface area (Å²) in [6, 6.07) is 1.03. The highest BCUT2D eigenvalue weighted by Crippen LogP contribution is 2.21. The minimum absolute atomic E-state index is 0.124. The van der Waals surface area contributed by atoms with Crippen LogP contribution in [0.5, 0.6) is 0 Å². The van der Waals surface area contributed by atoms with Crippen LogP contribution >= 0.6 is 0 Å². The van der Waals surface area contributed by atoms with Crippen LogP contribution < -0.4 is 0 Å². The summed E-state index contributed by atoms with van der Waals surface area (Å²) in [4.78, 5) is 13.3. The summed E-state index contributed by atoms with van der Waals surface area (Å²) in [7, 11) is 1.45. The SMILES string of the molecule is COC(=O)CN1[C@H](C)CCC[C@@H]1C. The van der Waals surface area contributed by atoms with Crippen molar-refractivity contribution in [3.05, 3.63) is 0 Å². The molecular formula is C10H19NO2. The van der Waals surface area contributed by atoms with E-state index in [2.05, 4.69) is 23.5 Å². The van der Waals surface area contributed by atoms with E-state index < -0.39 is 0 Å². The Morgan fingerprint density at radius 1 is 1.38 bits per heavy atom. The van der Waals surface area contributed by atoms with E-state index in [4.69, 9.17) is 0 Å². The van der Waals surface area contributed by atoms with Crippen molar-refractivity contribution in [1.82, 2.24) is 4.90 Å². The second kappa shape index (κ2) is 4.61. The average Bonchev–Trinajstić information content (AvgIpc) is 2.11. The Morgan fingerprint density at radius 3 is 2.38 bits per heavy atom. The first-order valence-electron chi connectivity index (χ1n) is 4.97. The fourth-order valence-corrected chi connectivity index (χ4v) is 2.00. The smallest absolute Gasteiger partial charge is 0.319 e. The molecule has 1 aliphatic rings. The Hall–Kier alpha value is -0.570. The van der Waals surface area contributed by atoms with Crippen molar-refractivity contribution in [3.63, 3.8) is 0 Å². The third-order valence-electron chi connectivity index (χ3n) is 2.92. The summed E-state index contributed by atoms with van der Waals surface area (Å²) in [5.41, 5.74) is 0. The van der Waals surface area contributed by atoms with Crippen molar-refractivity contribution in [3.8, 4) is 0 Å². The Bertz CT molecular complexity index is 172. The zero-order chi connectivity index (χ0) is 9.84. The van der Waals surface area contributed by atoms with Crippen LogP contribution in [-0.2, 0) is 9.53 Å². The highest BCUT2D eigenvalue weighted by molar-refractivity contribution is 5.71. The predicted molar refractivity (Wildman–Crippen MR) is 51.5 cm³/mol. The van der Waals surface area contributed by atoms with Crippen LogP contribution in [0.15, 0.2) is 0 Å². The van der Waals surface area contributed by atoms with Gasteiger partial charge in [0.15, 0.2) is 0 Å². The van der Waals surface area contributed by atoms with Crippen molar-refractivity contribution in [2.24, 2.45) is 0 Å². The van der Waals surface area contributed by atoms with E-state index in [1.54, 1.807) is 0 Å². The van der Waals surface area contributed by atoms with Gasteiger partial charge in [-0.15, -0.1) is 0 Å². The van der Waals surface area contributed by atoms with Gasteiger partial charge in [0.05, 0.1) is 13.7 Å². The molecule has 3 heteroatoms. The molecule has 13 heavy (non-hydrogen) atoms. The number of nitrogens with zero attached hydrogens (tertiary/aromatic N) is 1. The lowest BCUT2D eigenvalue weighted by Gasteiger charge is -2.37. The largest absolute Gasteiger partial charge is 0.468 e. The van der Waals surface area contributed by atoms with Gasteiger partial charge in [-0.3, -0.25) is 9.69 Å². The van der Waals surface area contributed by atoms with Crippen LogP contribution in [0.3, 0.4) is 0 Å². The first-order valence-corrected chi connectivity index (χ1v) is 4.97. The maximum absolute atomic E-state index is 11.1. The summed E-state index contributed by atoms with van der Waals surface area (Å²) < 4.78 is 4.67. The second-order valence-electron chi connectivity index (χ2n) is 3.88. The minimum atomic E-state index is -0.124. The van der Waals surface area contributed by atoms with Gasteiger partial charge in [-0.1, -0.05) is 6.42 Å². The number of likely N-dealkylation sites (tertiary alicyclic amines) is 1. The molecule has 0 amide bonds. The van der Waals surface area contributed by atoms with Crippen LogP contribution in [-0.4, -0.2) is 36.6 Å². The number of hydrogen-bond donors (Lipinski definition) is 0. The van der Waals surface area contributed by atoms with E-state index in [-0.39, 0.29) is 5.97 Å². The third-order valence-corrected chi connectivity index (χ3v) is 2.92. The van der Waals surface area contributed by atoms with Crippen molar-refractivity contribution in [2.45, 2.75) is 45.2 Å². The fourth-order valence-electron chi connectivity index (χ4n) is 2.00. The van der Waals surface area contributed by atoms with Crippen LogP contribution in [0.25, 0.3) is 0 Å². The van der Waals surface area contributed by atoms with E-state index in [9.17, 15) is 4.79 Å². The second-order valence-corrected chi connectivity index (χ2v) is 3.88. The lowest BCUT2D eigenvalue weighted by atomic mass is 9.98. The third kappa shape index (κ3) is 2.69. The Balaban J connectivity index is 2.48. The molecule has 1 saturated heterocycles. The molecule has 0 aliphatic carbocycles. The number of ether oxygens (including phenoxy) is 1. The molecule has 2 atom stereocenters. The van der Waals surface area contributed by atoms with Crippen molar-refractivity contribution in [2.75, 3.05) is 13.7 Å². The Labute approximate surface area is 80.1 Å². The van der Waals surface area contributed by atoms with E-state index in [1.807, 2.05) is 0 Å².